The van der Waals surface area contributed by atoms with Gasteiger partial charge in [-0.3, -0.25) is 4.79 Å². The molecule has 0 spiro atoms. The highest BCUT2D eigenvalue weighted by molar-refractivity contribution is 5.89. The van der Waals surface area contributed by atoms with Crippen LogP contribution in [0.5, 0.6) is 0 Å². The molecule has 2 aromatic heterocycles. The molecule has 7 nitrogen and oxygen atoms in total. The van der Waals surface area contributed by atoms with Crippen LogP contribution in [0.25, 0.3) is 5.82 Å². The summed E-state index contributed by atoms with van der Waals surface area (Å²) < 4.78 is 1.49. The Balaban J connectivity index is 2.23. The Labute approximate surface area is 91.6 Å². The van der Waals surface area contributed by atoms with Gasteiger partial charge in [0.1, 0.15) is 24.8 Å². The van der Waals surface area contributed by atoms with E-state index in [9.17, 15) is 4.79 Å². The summed E-state index contributed by atoms with van der Waals surface area (Å²) >= 11 is 0. The lowest BCUT2D eigenvalue weighted by molar-refractivity contribution is -0.115. The number of hydrogen-bond donors (Lipinski definition) is 1. The summed E-state index contributed by atoms with van der Waals surface area (Å²) in [4.78, 5) is 22.9. The van der Waals surface area contributed by atoms with Crippen molar-refractivity contribution in [3.63, 3.8) is 0 Å². The van der Waals surface area contributed by atoms with Gasteiger partial charge in [-0.05, 0) is 0 Å². The van der Waals surface area contributed by atoms with Gasteiger partial charge in [0, 0.05) is 12.5 Å². The minimum Gasteiger partial charge on any atom is -0.311 e. The van der Waals surface area contributed by atoms with Crippen molar-refractivity contribution in [3.05, 3.63) is 25.0 Å². The Kier molecular flexibility index (Phi) is 2.86. The van der Waals surface area contributed by atoms with E-state index in [-0.39, 0.29) is 5.91 Å². The number of anilines is 1. The van der Waals surface area contributed by atoms with Crippen molar-refractivity contribution in [2.75, 3.05) is 5.32 Å². The Bertz CT molecular complexity index is 481. The lowest BCUT2D eigenvalue weighted by atomic mass is 10.4. The van der Waals surface area contributed by atoms with Crippen molar-refractivity contribution in [2.45, 2.75) is 13.3 Å². The summed E-state index contributed by atoms with van der Waals surface area (Å²) in [5, 5.41) is 6.57. The van der Waals surface area contributed by atoms with E-state index in [1.165, 1.54) is 23.7 Å². The molecule has 0 saturated carbocycles. The molecule has 0 radical (unpaired) electrons. The van der Waals surface area contributed by atoms with Crippen molar-refractivity contribution >= 4 is 11.7 Å². The standard InChI is InChI=1S/C9H10N6O/c1-2-9(16)14-7-3-8(12-5-11-7)15-6-10-4-13-15/h3-6H,2H2,1H3,(H,11,12,14,16). The number of amides is 1. The first-order valence-electron chi connectivity index (χ1n) is 4.76. The zero-order valence-electron chi connectivity index (χ0n) is 8.66. The smallest absolute Gasteiger partial charge is 0.225 e. The second-order valence-electron chi connectivity index (χ2n) is 3.00. The summed E-state index contributed by atoms with van der Waals surface area (Å²) in [6, 6.07) is 1.63. The first-order valence-corrected chi connectivity index (χ1v) is 4.76. The number of nitrogens with zero attached hydrogens (tertiary/aromatic N) is 5. The Morgan fingerprint density at radius 1 is 1.44 bits per heavy atom. The molecule has 0 aromatic carbocycles. The van der Waals surface area contributed by atoms with Gasteiger partial charge in [0.2, 0.25) is 5.91 Å². The largest absolute Gasteiger partial charge is 0.311 e. The van der Waals surface area contributed by atoms with E-state index in [4.69, 9.17) is 0 Å². The van der Waals surface area contributed by atoms with Gasteiger partial charge in [-0.1, -0.05) is 6.92 Å². The van der Waals surface area contributed by atoms with Crippen LogP contribution >= 0.6 is 0 Å². The molecule has 0 aliphatic rings. The first kappa shape index (κ1) is 10.2. The molecule has 82 valence electrons. The van der Waals surface area contributed by atoms with E-state index in [0.717, 1.165) is 0 Å². The molecule has 7 heteroatoms. The molecular weight excluding hydrogens is 208 g/mol. The fraction of sp³-hybridized carbons (Fsp3) is 0.222. The number of hydrogen-bond acceptors (Lipinski definition) is 5. The zero-order chi connectivity index (χ0) is 11.4. The molecule has 0 atom stereocenters. The maximum absolute atomic E-state index is 11.2. The SMILES string of the molecule is CCC(=O)Nc1cc(-n2cncn2)ncn1. The topological polar surface area (TPSA) is 85.6 Å². The molecule has 0 bridgehead atoms. The van der Waals surface area contributed by atoms with Crippen LogP contribution in [-0.4, -0.2) is 30.6 Å². The van der Waals surface area contributed by atoms with Crippen LogP contribution < -0.4 is 5.32 Å². The van der Waals surface area contributed by atoms with Crippen LogP contribution in [0.3, 0.4) is 0 Å². The maximum Gasteiger partial charge on any atom is 0.225 e. The van der Waals surface area contributed by atoms with E-state index in [1.807, 2.05) is 0 Å². The summed E-state index contributed by atoms with van der Waals surface area (Å²) in [6.07, 6.45) is 4.70. The quantitative estimate of drug-likeness (QED) is 0.806. The summed E-state index contributed by atoms with van der Waals surface area (Å²) in [6.45, 7) is 1.77. The average molecular weight is 218 g/mol. The molecule has 0 aliphatic heterocycles. The molecule has 2 heterocycles. The Morgan fingerprint density at radius 2 is 2.31 bits per heavy atom. The van der Waals surface area contributed by atoms with Crippen LogP contribution in [0, 0.1) is 0 Å². The van der Waals surface area contributed by atoms with E-state index in [0.29, 0.717) is 18.1 Å². The molecule has 0 fully saturated rings. The minimum atomic E-state index is -0.0942. The molecule has 1 N–H and O–H groups in total. The van der Waals surface area contributed by atoms with Crippen LogP contribution in [0.1, 0.15) is 13.3 Å². The van der Waals surface area contributed by atoms with Gasteiger partial charge in [0.15, 0.2) is 5.82 Å². The van der Waals surface area contributed by atoms with Crippen LogP contribution in [0.2, 0.25) is 0 Å². The van der Waals surface area contributed by atoms with Crippen LogP contribution in [0.4, 0.5) is 5.82 Å². The van der Waals surface area contributed by atoms with Crippen molar-refractivity contribution in [3.8, 4) is 5.82 Å². The van der Waals surface area contributed by atoms with Gasteiger partial charge in [-0.2, -0.15) is 5.10 Å². The fourth-order valence-corrected chi connectivity index (χ4v) is 1.10. The highest BCUT2D eigenvalue weighted by Crippen LogP contribution is 2.07. The molecule has 0 saturated heterocycles. The summed E-state index contributed by atoms with van der Waals surface area (Å²) in [5.41, 5.74) is 0. The maximum atomic E-state index is 11.2. The first-order chi connectivity index (χ1) is 7.79. The molecule has 0 aliphatic carbocycles. The predicted molar refractivity (Wildman–Crippen MR) is 55.9 cm³/mol. The zero-order valence-corrected chi connectivity index (χ0v) is 8.66. The Hall–Kier alpha value is -2.31. The second kappa shape index (κ2) is 4.47. The normalized spacial score (nSPS) is 10.1. The monoisotopic (exact) mass is 218 g/mol. The molecule has 0 unspecified atom stereocenters. The van der Waals surface area contributed by atoms with Gasteiger partial charge in [0.05, 0.1) is 0 Å². The van der Waals surface area contributed by atoms with Crippen LogP contribution in [-0.2, 0) is 4.79 Å². The molecule has 16 heavy (non-hydrogen) atoms. The summed E-state index contributed by atoms with van der Waals surface area (Å²) in [7, 11) is 0. The molecule has 2 rings (SSSR count). The van der Waals surface area contributed by atoms with Gasteiger partial charge in [0.25, 0.3) is 0 Å². The number of nitrogens with one attached hydrogen (secondary N) is 1. The minimum absolute atomic E-state index is 0.0942. The van der Waals surface area contributed by atoms with Gasteiger partial charge >= 0.3 is 0 Å². The van der Waals surface area contributed by atoms with E-state index < -0.39 is 0 Å². The molecule has 1 amide bonds. The Morgan fingerprint density at radius 3 is 3.00 bits per heavy atom. The molecular formula is C9H10N6O. The fourth-order valence-electron chi connectivity index (χ4n) is 1.10. The second-order valence-corrected chi connectivity index (χ2v) is 3.00. The van der Waals surface area contributed by atoms with Gasteiger partial charge in [-0.15, -0.1) is 0 Å². The average Bonchev–Trinajstić information content (AvgIpc) is 2.83. The lowest BCUT2D eigenvalue weighted by Gasteiger charge is -2.03. The van der Waals surface area contributed by atoms with Crippen molar-refractivity contribution in [1.82, 2.24) is 24.7 Å². The third-order valence-corrected chi connectivity index (χ3v) is 1.89. The predicted octanol–water partition coefficient (Wildman–Crippen LogP) is 0.406. The lowest BCUT2D eigenvalue weighted by Crippen LogP contribution is -2.11. The van der Waals surface area contributed by atoms with Crippen molar-refractivity contribution < 1.29 is 4.79 Å². The number of carbonyl (C=O) groups is 1. The number of rotatable bonds is 3. The van der Waals surface area contributed by atoms with E-state index in [1.54, 1.807) is 13.0 Å². The highest BCUT2D eigenvalue weighted by atomic mass is 16.1. The summed E-state index contributed by atoms with van der Waals surface area (Å²) in [5.74, 6) is 0.912. The van der Waals surface area contributed by atoms with Crippen LogP contribution in [0.15, 0.2) is 25.0 Å². The number of carbonyl (C=O) groups excluding carboxylic acids is 1. The van der Waals surface area contributed by atoms with E-state index in [2.05, 4.69) is 25.4 Å². The third kappa shape index (κ3) is 2.19. The van der Waals surface area contributed by atoms with Crippen molar-refractivity contribution in [1.29, 1.82) is 0 Å². The van der Waals surface area contributed by atoms with Crippen molar-refractivity contribution in [2.24, 2.45) is 0 Å². The van der Waals surface area contributed by atoms with Gasteiger partial charge in [-0.25, -0.2) is 19.6 Å². The van der Waals surface area contributed by atoms with Gasteiger partial charge < -0.3 is 5.32 Å². The van der Waals surface area contributed by atoms with E-state index >= 15 is 0 Å². The third-order valence-electron chi connectivity index (χ3n) is 1.89. The number of aromatic nitrogens is 5. The highest BCUT2D eigenvalue weighted by Gasteiger charge is 2.03. The molecule has 2 aromatic rings.